The SMILES string of the molecule is NCc1ccccc1C(=O)NC[C]1CCCCC1. The molecule has 1 amide bonds. The van der Waals surface area contributed by atoms with Gasteiger partial charge < -0.3 is 11.1 Å². The van der Waals surface area contributed by atoms with Crippen LogP contribution in [0.3, 0.4) is 0 Å². The molecule has 18 heavy (non-hydrogen) atoms. The van der Waals surface area contributed by atoms with E-state index in [1.165, 1.54) is 38.0 Å². The highest BCUT2D eigenvalue weighted by molar-refractivity contribution is 5.95. The van der Waals surface area contributed by atoms with E-state index in [1.807, 2.05) is 24.3 Å². The van der Waals surface area contributed by atoms with Crippen LogP contribution in [0.15, 0.2) is 24.3 Å². The smallest absolute Gasteiger partial charge is 0.251 e. The molecule has 0 heterocycles. The number of nitrogens with two attached hydrogens (primary N) is 1. The summed E-state index contributed by atoms with van der Waals surface area (Å²) in [5, 5.41) is 3.01. The third-order valence-corrected chi connectivity index (χ3v) is 3.54. The van der Waals surface area contributed by atoms with Gasteiger partial charge in [-0.25, -0.2) is 0 Å². The van der Waals surface area contributed by atoms with Crippen molar-refractivity contribution in [1.29, 1.82) is 0 Å². The largest absolute Gasteiger partial charge is 0.351 e. The molecule has 0 aliphatic heterocycles. The highest BCUT2D eigenvalue weighted by Gasteiger charge is 2.16. The second-order valence-electron chi connectivity index (χ2n) is 4.85. The van der Waals surface area contributed by atoms with E-state index in [9.17, 15) is 4.79 Å². The maximum atomic E-state index is 12.1. The fraction of sp³-hybridized carbons (Fsp3) is 0.467. The molecule has 0 bridgehead atoms. The second kappa shape index (κ2) is 6.55. The van der Waals surface area contributed by atoms with Gasteiger partial charge >= 0.3 is 0 Å². The molecule has 0 aromatic heterocycles. The molecule has 3 nitrogen and oxygen atoms in total. The fourth-order valence-corrected chi connectivity index (χ4v) is 2.45. The molecule has 0 atom stereocenters. The summed E-state index contributed by atoms with van der Waals surface area (Å²) in [5.41, 5.74) is 7.25. The predicted molar refractivity (Wildman–Crippen MR) is 73.0 cm³/mol. The first-order chi connectivity index (χ1) is 8.81. The lowest BCUT2D eigenvalue weighted by atomic mass is 9.89. The van der Waals surface area contributed by atoms with Crippen LogP contribution in [0.4, 0.5) is 0 Å². The maximum Gasteiger partial charge on any atom is 0.251 e. The Morgan fingerprint density at radius 1 is 1.17 bits per heavy atom. The number of hydrogen-bond donors (Lipinski definition) is 2. The zero-order chi connectivity index (χ0) is 12.8. The van der Waals surface area contributed by atoms with E-state index in [0.717, 1.165) is 12.1 Å². The number of carbonyl (C=O) groups excluding carboxylic acids is 1. The number of carbonyl (C=O) groups is 1. The fourth-order valence-electron chi connectivity index (χ4n) is 2.45. The number of benzene rings is 1. The van der Waals surface area contributed by atoms with E-state index >= 15 is 0 Å². The molecular weight excluding hydrogens is 224 g/mol. The van der Waals surface area contributed by atoms with Crippen molar-refractivity contribution in [2.24, 2.45) is 5.73 Å². The summed E-state index contributed by atoms with van der Waals surface area (Å²) in [7, 11) is 0. The van der Waals surface area contributed by atoms with Crippen molar-refractivity contribution in [3.05, 3.63) is 41.3 Å². The summed E-state index contributed by atoms with van der Waals surface area (Å²) >= 11 is 0. The molecule has 1 fully saturated rings. The van der Waals surface area contributed by atoms with Crippen molar-refractivity contribution in [1.82, 2.24) is 5.32 Å². The van der Waals surface area contributed by atoms with E-state index in [4.69, 9.17) is 5.73 Å². The highest BCUT2D eigenvalue weighted by Crippen LogP contribution is 2.24. The summed E-state index contributed by atoms with van der Waals surface area (Å²) in [5.74, 6) is 1.47. The van der Waals surface area contributed by atoms with Crippen LogP contribution < -0.4 is 11.1 Å². The first-order valence-electron chi connectivity index (χ1n) is 6.71. The van der Waals surface area contributed by atoms with Gasteiger partial charge in [0, 0.05) is 18.7 Å². The first-order valence-corrected chi connectivity index (χ1v) is 6.71. The Hall–Kier alpha value is -1.35. The second-order valence-corrected chi connectivity index (χ2v) is 4.85. The van der Waals surface area contributed by atoms with Crippen molar-refractivity contribution in [2.75, 3.05) is 6.54 Å². The summed E-state index contributed by atoms with van der Waals surface area (Å²) in [4.78, 5) is 12.1. The topological polar surface area (TPSA) is 55.1 Å². The number of nitrogens with one attached hydrogen (secondary N) is 1. The minimum absolute atomic E-state index is 0.00544. The molecule has 1 aliphatic rings. The van der Waals surface area contributed by atoms with Crippen molar-refractivity contribution < 1.29 is 4.79 Å². The third kappa shape index (κ3) is 3.33. The molecule has 1 radical (unpaired) electrons. The van der Waals surface area contributed by atoms with Gasteiger partial charge in [-0.1, -0.05) is 37.5 Å². The molecule has 0 spiro atoms. The minimum Gasteiger partial charge on any atom is -0.351 e. The quantitative estimate of drug-likeness (QED) is 0.856. The van der Waals surface area contributed by atoms with Gasteiger partial charge in [0.25, 0.3) is 5.91 Å². The van der Waals surface area contributed by atoms with Gasteiger partial charge in [0.05, 0.1) is 0 Å². The molecule has 2 rings (SSSR count). The van der Waals surface area contributed by atoms with Gasteiger partial charge in [-0.2, -0.15) is 0 Å². The van der Waals surface area contributed by atoms with E-state index in [-0.39, 0.29) is 5.91 Å². The molecule has 3 heteroatoms. The van der Waals surface area contributed by atoms with E-state index in [0.29, 0.717) is 12.1 Å². The average molecular weight is 245 g/mol. The van der Waals surface area contributed by atoms with E-state index in [1.54, 1.807) is 0 Å². The summed E-state index contributed by atoms with van der Waals surface area (Å²) in [6, 6.07) is 7.53. The van der Waals surface area contributed by atoms with Crippen molar-refractivity contribution in [2.45, 2.75) is 38.6 Å². The molecule has 3 N–H and O–H groups in total. The molecule has 0 saturated heterocycles. The minimum atomic E-state index is -0.00544. The maximum absolute atomic E-state index is 12.1. The summed E-state index contributed by atoms with van der Waals surface area (Å²) < 4.78 is 0. The summed E-state index contributed by atoms with van der Waals surface area (Å²) in [6.07, 6.45) is 6.19. The van der Waals surface area contributed by atoms with Crippen LogP contribution in [-0.4, -0.2) is 12.5 Å². The predicted octanol–water partition coefficient (Wildman–Crippen LogP) is 2.41. The Kier molecular flexibility index (Phi) is 4.76. The third-order valence-electron chi connectivity index (χ3n) is 3.54. The lowest BCUT2D eigenvalue weighted by Crippen LogP contribution is -2.30. The monoisotopic (exact) mass is 245 g/mol. The molecule has 1 saturated carbocycles. The van der Waals surface area contributed by atoms with Gasteiger partial charge in [0.1, 0.15) is 0 Å². The Bertz CT molecular complexity index is 397. The summed E-state index contributed by atoms with van der Waals surface area (Å²) in [6.45, 7) is 1.12. The van der Waals surface area contributed by atoms with Gasteiger partial charge in [-0.05, 0) is 30.4 Å². The van der Waals surface area contributed by atoms with Crippen molar-refractivity contribution in [3.63, 3.8) is 0 Å². The van der Waals surface area contributed by atoms with Gasteiger partial charge in [0.2, 0.25) is 0 Å². The number of hydrogen-bond acceptors (Lipinski definition) is 2. The van der Waals surface area contributed by atoms with Crippen molar-refractivity contribution in [3.8, 4) is 0 Å². The zero-order valence-electron chi connectivity index (χ0n) is 10.7. The number of rotatable bonds is 4. The lowest BCUT2D eigenvalue weighted by molar-refractivity contribution is 0.0953. The normalized spacial score (nSPS) is 16.5. The van der Waals surface area contributed by atoms with Crippen LogP contribution in [0, 0.1) is 5.92 Å². The lowest BCUT2D eigenvalue weighted by Gasteiger charge is -2.21. The molecule has 0 unspecified atom stereocenters. The first kappa shape index (κ1) is 13.1. The van der Waals surface area contributed by atoms with Crippen LogP contribution in [0.25, 0.3) is 0 Å². The molecule has 1 aromatic rings. The zero-order valence-corrected chi connectivity index (χ0v) is 10.7. The van der Waals surface area contributed by atoms with Crippen LogP contribution in [0.5, 0.6) is 0 Å². The Labute approximate surface area is 109 Å². The van der Waals surface area contributed by atoms with Gasteiger partial charge in [-0.3, -0.25) is 4.79 Å². The molecular formula is C15H21N2O. The van der Waals surface area contributed by atoms with Crippen molar-refractivity contribution >= 4 is 5.91 Å². The Morgan fingerprint density at radius 2 is 1.89 bits per heavy atom. The van der Waals surface area contributed by atoms with Crippen LogP contribution in [-0.2, 0) is 6.54 Å². The van der Waals surface area contributed by atoms with Crippen LogP contribution in [0.2, 0.25) is 0 Å². The Balaban J connectivity index is 1.90. The van der Waals surface area contributed by atoms with Gasteiger partial charge in [-0.15, -0.1) is 0 Å². The molecule has 97 valence electrons. The standard InChI is InChI=1S/C15H21N2O/c16-10-13-8-4-5-9-14(13)15(18)17-11-12-6-2-1-3-7-12/h4-5,8-9H,1-3,6-7,10-11,16H2,(H,17,18). The molecule has 1 aromatic carbocycles. The van der Waals surface area contributed by atoms with E-state index in [2.05, 4.69) is 5.32 Å². The Morgan fingerprint density at radius 3 is 2.61 bits per heavy atom. The molecule has 1 aliphatic carbocycles. The van der Waals surface area contributed by atoms with Gasteiger partial charge in [0.15, 0.2) is 0 Å². The number of amides is 1. The average Bonchev–Trinajstić information content (AvgIpc) is 2.45. The van der Waals surface area contributed by atoms with Crippen LogP contribution >= 0.6 is 0 Å². The van der Waals surface area contributed by atoms with Crippen LogP contribution in [0.1, 0.15) is 48.0 Å². The van der Waals surface area contributed by atoms with E-state index < -0.39 is 0 Å². The highest BCUT2D eigenvalue weighted by atomic mass is 16.1.